The Balaban J connectivity index is 1.04. The van der Waals surface area contributed by atoms with Crippen molar-refractivity contribution in [1.29, 1.82) is 0 Å². The molecule has 0 fully saturated rings. The molecule has 14 heteroatoms. The van der Waals surface area contributed by atoms with Crippen LogP contribution in [0.25, 0.3) is 65.7 Å². The molecule has 9 rings (SSSR count). The number of aromatic hydroxyl groups is 2. The van der Waals surface area contributed by atoms with E-state index in [0.29, 0.717) is 61.4 Å². The number of pyridine rings is 2. The number of benzene rings is 1. The van der Waals surface area contributed by atoms with Gasteiger partial charge < -0.3 is 19.7 Å². The number of ether oxygens (including phenoxy) is 2. The molecule has 1 aromatic carbocycles. The number of hydrogen-bond donors (Lipinski definition) is 2. The van der Waals surface area contributed by atoms with Crippen molar-refractivity contribution in [3.63, 3.8) is 0 Å². The number of fused-ring (bicyclic) bond motifs is 3. The molecule has 0 radical (unpaired) electrons. The highest BCUT2D eigenvalue weighted by molar-refractivity contribution is 7.18. The minimum absolute atomic E-state index is 0.0842. The maximum atomic E-state index is 10.8. The molecule has 0 bridgehead atoms. The lowest BCUT2D eigenvalue weighted by molar-refractivity contribution is 0.174. The van der Waals surface area contributed by atoms with Gasteiger partial charge in [-0.25, -0.2) is 9.97 Å². The summed E-state index contributed by atoms with van der Waals surface area (Å²) in [5.41, 5.74) is 7.77. The normalized spacial score (nSPS) is 12.4. The van der Waals surface area contributed by atoms with Gasteiger partial charge in [-0.15, -0.1) is 22.7 Å². The van der Waals surface area contributed by atoms with Gasteiger partial charge >= 0.3 is 0 Å². The summed E-state index contributed by atoms with van der Waals surface area (Å²) in [6, 6.07) is 15.0. The first kappa shape index (κ1) is 28.3. The first-order valence-electron chi connectivity index (χ1n) is 14.7. The summed E-state index contributed by atoms with van der Waals surface area (Å²) >= 11 is 2.76. The Labute approximate surface area is 279 Å². The summed E-state index contributed by atoms with van der Waals surface area (Å²) in [5, 5.41) is 30.0. The van der Waals surface area contributed by atoms with Crippen LogP contribution in [0.4, 0.5) is 0 Å². The average molecular weight is 671 g/mol. The van der Waals surface area contributed by atoms with Crippen LogP contribution in [0.5, 0.6) is 23.3 Å². The molecule has 0 atom stereocenters. The number of thiophene rings is 2. The van der Waals surface area contributed by atoms with Crippen LogP contribution < -0.4 is 9.47 Å². The first-order chi connectivity index (χ1) is 23.5. The molecule has 0 unspecified atom stereocenters. The summed E-state index contributed by atoms with van der Waals surface area (Å²) in [7, 11) is 1.89. The Morgan fingerprint density at radius 2 is 1.48 bits per heavy atom. The number of rotatable bonds is 6. The molecule has 0 saturated carbocycles. The molecular formula is C34H22N8O4S2. The molecule has 0 saturated heterocycles. The fraction of sp³-hybridized carbons (Fsp3) is 0.0882. The maximum absolute atomic E-state index is 10.8. The predicted octanol–water partition coefficient (Wildman–Crippen LogP) is 6.62. The molecule has 12 nitrogen and oxygen atoms in total. The van der Waals surface area contributed by atoms with Gasteiger partial charge in [-0.2, -0.15) is 15.1 Å². The molecule has 48 heavy (non-hydrogen) atoms. The molecular weight excluding hydrogens is 649 g/mol. The van der Waals surface area contributed by atoms with Gasteiger partial charge in [0.1, 0.15) is 20.8 Å². The predicted molar refractivity (Wildman–Crippen MR) is 181 cm³/mol. The van der Waals surface area contributed by atoms with Crippen LogP contribution in [0, 0.1) is 0 Å². The molecule has 7 aromatic heterocycles. The second-order valence-electron chi connectivity index (χ2n) is 11.0. The highest BCUT2D eigenvalue weighted by Crippen LogP contribution is 2.42. The molecule has 8 heterocycles. The average Bonchev–Trinajstić information content (AvgIpc) is 3.92. The van der Waals surface area contributed by atoms with Gasteiger partial charge in [0.05, 0.1) is 22.9 Å². The van der Waals surface area contributed by atoms with Crippen LogP contribution in [-0.4, -0.2) is 56.7 Å². The number of aromatic nitrogens is 8. The second kappa shape index (κ2) is 11.1. The van der Waals surface area contributed by atoms with E-state index >= 15 is 0 Å². The zero-order valence-corrected chi connectivity index (χ0v) is 26.7. The smallest absolute Gasteiger partial charge is 0.233 e. The maximum Gasteiger partial charge on any atom is 0.233 e. The zero-order chi connectivity index (χ0) is 32.4. The van der Waals surface area contributed by atoms with E-state index in [1.165, 1.54) is 22.7 Å². The molecule has 0 aliphatic carbocycles. The van der Waals surface area contributed by atoms with Crippen molar-refractivity contribution in [1.82, 2.24) is 39.7 Å². The van der Waals surface area contributed by atoms with Crippen LogP contribution in [-0.2, 0) is 13.5 Å². The highest BCUT2D eigenvalue weighted by Gasteiger charge is 2.22. The van der Waals surface area contributed by atoms with Gasteiger partial charge in [-0.3, -0.25) is 14.6 Å². The van der Waals surface area contributed by atoms with Crippen molar-refractivity contribution >= 4 is 43.1 Å². The van der Waals surface area contributed by atoms with Gasteiger partial charge in [-0.05, 0) is 41.5 Å². The molecule has 234 valence electrons. The Hall–Kier alpha value is -5.99. The lowest BCUT2D eigenvalue weighted by Gasteiger charge is -2.08. The summed E-state index contributed by atoms with van der Waals surface area (Å²) in [5.74, 6) is 1.86. The fourth-order valence-electron chi connectivity index (χ4n) is 5.74. The summed E-state index contributed by atoms with van der Waals surface area (Å²) in [6.07, 6.45) is 5.79. The van der Waals surface area contributed by atoms with E-state index in [-0.39, 0.29) is 18.6 Å². The Bertz CT molecular complexity index is 2510. The standard InChI is InChI=1S/C34H22N8O4S2/c1-42-24(19(13-37-42)21-15-48-30-28(21)39-31(40-34(30)44)22-4-2-3-9-35-22)10-17-5-7-23(36-12-17)32-38-27-20(14-47-29(27)33(43)41-32)18-6-8-25-26(11-18)46-16-45-25/h2-9,11-15H,10,16H2,1H3,(H,38,41,43)(H,39,40,44). The fourth-order valence-corrected chi connectivity index (χ4v) is 7.54. The Morgan fingerprint density at radius 3 is 2.21 bits per heavy atom. The Morgan fingerprint density at radius 1 is 0.750 bits per heavy atom. The minimum Gasteiger partial charge on any atom is -0.492 e. The third kappa shape index (κ3) is 4.68. The molecule has 1 aliphatic heterocycles. The van der Waals surface area contributed by atoms with Crippen LogP contribution >= 0.6 is 22.7 Å². The third-order valence-corrected chi connectivity index (χ3v) is 10.1. The summed E-state index contributed by atoms with van der Waals surface area (Å²) < 4.78 is 14.0. The van der Waals surface area contributed by atoms with Crippen LogP contribution in [0.2, 0.25) is 0 Å². The molecule has 1 aliphatic rings. The van der Waals surface area contributed by atoms with Crippen molar-refractivity contribution in [2.75, 3.05) is 6.79 Å². The van der Waals surface area contributed by atoms with Crippen molar-refractivity contribution in [2.24, 2.45) is 7.05 Å². The van der Waals surface area contributed by atoms with E-state index in [9.17, 15) is 10.2 Å². The quantitative estimate of drug-likeness (QED) is 0.196. The van der Waals surface area contributed by atoms with Crippen LogP contribution in [0.3, 0.4) is 0 Å². The largest absolute Gasteiger partial charge is 0.492 e. The van der Waals surface area contributed by atoms with Crippen LogP contribution in [0.1, 0.15) is 11.3 Å². The minimum atomic E-state index is -0.0959. The van der Waals surface area contributed by atoms with Gasteiger partial charge in [0, 0.05) is 53.3 Å². The van der Waals surface area contributed by atoms with E-state index in [2.05, 4.69) is 25.0 Å². The summed E-state index contributed by atoms with van der Waals surface area (Å²) in [6.45, 7) is 0.192. The Kier molecular flexibility index (Phi) is 6.51. The highest BCUT2D eigenvalue weighted by atomic mass is 32.1. The second-order valence-corrected chi connectivity index (χ2v) is 12.8. The van der Waals surface area contributed by atoms with Crippen molar-refractivity contribution < 1.29 is 19.7 Å². The number of aryl methyl sites for hydroxylation is 1. The van der Waals surface area contributed by atoms with E-state index in [1.54, 1.807) is 12.4 Å². The SMILES string of the molecule is Cn1ncc(-c2csc3c(O)nc(-c4ccccn4)nc23)c1Cc1ccc(-c2nc(O)c3scc(-c4ccc5c(c4)OCO5)c3n2)nc1. The van der Waals surface area contributed by atoms with E-state index < -0.39 is 0 Å². The van der Waals surface area contributed by atoms with Crippen molar-refractivity contribution in [3.05, 3.63) is 89.1 Å². The van der Waals surface area contributed by atoms with Gasteiger partial charge in [0.25, 0.3) is 0 Å². The number of nitrogens with zero attached hydrogens (tertiary/aromatic N) is 8. The van der Waals surface area contributed by atoms with Gasteiger partial charge in [-0.1, -0.05) is 18.2 Å². The van der Waals surface area contributed by atoms with Gasteiger partial charge in [0.2, 0.25) is 18.6 Å². The third-order valence-electron chi connectivity index (χ3n) is 8.15. The molecule has 0 spiro atoms. The monoisotopic (exact) mass is 670 g/mol. The summed E-state index contributed by atoms with van der Waals surface area (Å²) in [4.78, 5) is 27.3. The van der Waals surface area contributed by atoms with E-state index in [0.717, 1.165) is 33.5 Å². The molecule has 2 N–H and O–H groups in total. The topological polar surface area (TPSA) is 154 Å². The number of hydrogen-bond acceptors (Lipinski definition) is 13. The van der Waals surface area contributed by atoms with Crippen LogP contribution in [0.15, 0.2) is 77.9 Å². The lowest BCUT2D eigenvalue weighted by atomic mass is 10.0. The van der Waals surface area contributed by atoms with E-state index in [1.807, 2.05) is 77.2 Å². The van der Waals surface area contributed by atoms with Crippen molar-refractivity contribution in [3.8, 4) is 68.5 Å². The molecule has 8 aromatic rings. The first-order valence-corrected chi connectivity index (χ1v) is 16.5. The molecule has 0 amide bonds. The lowest BCUT2D eigenvalue weighted by Crippen LogP contribution is -2.01. The van der Waals surface area contributed by atoms with Crippen molar-refractivity contribution in [2.45, 2.75) is 6.42 Å². The van der Waals surface area contributed by atoms with E-state index in [4.69, 9.17) is 19.4 Å². The van der Waals surface area contributed by atoms with Gasteiger partial charge in [0.15, 0.2) is 23.1 Å². The zero-order valence-electron chi connectivity index (χ0n) is 25.0.